The van der Waals surface area contributed by atoms with Gasteiger partial charge in [-0.05, 0) is 50.2 Å². The molecule has 4 rings (SSSR count). The third-order valence-electron chi connectivity index (χ3n) is 6.63. The summed E-state index contributed by atoms with van der Waals surface area (Å²) in [5.74, 6) is 0.320. The fraction of sp³-hybridized carbons (Fsp3) is 0.520. The highest BCUT2D eigenvalue weighted by atomic mass is 16.6. The second kappa shape index (κ2) is 9.69. The molecule has 31 heavy (non-hydrogen) atoms. The highest BCUT2D eigenvalue weighted by Gasteiger charge is 2.35. The molecule has 0 bridgehead atoms. The van der Waals surface area contributed by atoms with Crippen molar-refractivity contribution in [3.63, 3.8) is 0 Å². The van der Waals surface area contributed by atoms with Gasteiger partial charge < -0.3 is 14.4 Å². The van der Waals surface area contributed by atoms with Crippen molar-refractivity contribution < 1.29 is 19.1 Å². The first-order chi connectivity index (χ1) is 15.0. The summed E-state index contributed by atoms with van der Waals surface area (Å²) in [5.41, 5.74) is 0. The van der Waals surface area contributed by atoms with E-state index in [9.17, 15) is 9.59 Å². The van der Waals surface area contributed by atoms with Crippen LogP contribution in [0.4, 0.5) is 0 Å². The predicted octanol–water partition coefficient (Wildman–Crippen LogP) is 4.01. The number of hydrogen-bond acceptors (Lipinski definition) is 5. The standard InChI is InChI=1S/C25H32N2O4/c1-18(28)31-23-14-13-19-9-3-4-10-20(19)25(23)30-17-24(29)26(2)21-11-5-6-12-22(21)27-15-7-8-16-27/h3-4,9-10,13-14,21-22H,5-8,11-12,15-17H2,1-2H3/t21-,22-/m1/s1. The van der Waals surface area contributed by atoms with Crippen molar-refractivity contribution in [1.29, 1.82) is 0 Å². The maximum Gasteiger partial charge on any atom is 0.308 e. The molecule has 2 aromatic carbocycles. The summed E-state index contributed by atoms with van der Waals surface area (Å²) in [4.78, 5) is 29.1. The van der Waals surface area contributed by atoms with Crippen molar-refractivity contribution in [1.82, 2.24) is 9.80 Å². The maximum absolute atomic E-state index is 13.1. The van der Waals surface area contributed by atoms with Crippen molar-refractivity contribution in [2.75, 3.05) is 26.7 Å². The quantitative estimate of drug-likeness (QED) is 0.518. The van der Waals surface area contributed by atoms with Gasteiger partial charge in [0.15, 0.2) is 18.1 Å². The highest BCUT2D eigenvalue weighted by molar-refractivity contribution is 5.92. The second-order valence-electron chi connectivity index (χ2n) is 8.66. The van der Waals surface area contributed by atoms with Crippen LogP contribution in [0, 0.1) is 0 Å². The van der Waals surface area contributed by atoms with Gasteiger partial charge in [0.1, 0.15) is 0 Å². The molecule has 2 fully saturated rings. The molecular formula is C25H32N2O4. The topological polar surface area (TPSA) is 59.1 Å². The van der Waals surface area contributed by atoms with Crippen LogP contribution in [0.5, 0.6) is 11.5 Å². The number of nitrogens with zero attached hydrogens (tertiary/aromatic N) is 2. The molecule has 1 saturated carbocycles. The molecule has 0 radical (unpaired) electrons. The number of rotatable bonds is 6. The third-order valence-corrected chi connectivity index (χ3v) is 6.63. The molecule has 0 N–H and O–H groups in total. The van der Waals surface area contributed by atoms with E-state index in [1.807, 2.05) is 42.3 Å². The molecule has 6 heteroatoms. The SMILES string of the molecule is CC(=O)Oc1ccc2ccccc2c1OCC(=O)N(C)[C@@H]1CCCC[C@H]1N1CCCC1. The van der Waals surface area contributed by atoms with Crippen LogP contribution >= 0.6 is 0 Å². The molecule has 1 saturated heterocycles. The molecule has 1 amide bonds. The molecule has 1 heterocycles. The molecule has 0 spiro atoms. The van der Waals surface area contributed by atoms with Crippen LogP contribution in [0.1, 0.15) is 45.4 Å². The van der Waals surface area contributed by atoms with E-state index in [4.69, 9.17) is 9.47 Å². The maximum atomic E-state index is 13.1. The number of benzene rings is 2. The van der Waals surface area contributed by atoms with Crippen LogP contribution in [0.25, 0.3) is 10.8 Å². The van der Waals surface area contributed by atoms with Gasteiger partial charge in [0.2, 0.25) is 0 Å². The van der Waals surface area contributed by atoms with E-state index < -0.39 is 5.97 Å². The number of fused-ring (bicyclic) bond motifs is 1. The van der Waals surface area contributed by atoms with Crippen molar-refractivity contribution in [2.24, 2.45) is 0 Å². The number of ether oxygens (including phenoxy) is 2. The van der Waals surface area contributed by atoms with E-state index in [0.29, 0.717) is 17.5 Å². The van der Waals surface area contributed by atoms with Crippen molar-refractivity contribution in [3.8, 4) is 11.5 Å². The summed E-state index contributed by atoms with van der Waals surface area (Å²) in [6.07, 6.45) is 7.10. The highest BCUT2D eigenvalue weighted by Crippen LogP contribution is 2.36. The van der Waals surface area contributed by atoms with Crippen LogP contribution in [0.2, 0.25) is 0 Å². The van der Waals surface area contributed by atoms with Gasteiger partial charge in [-0.1, -0.05) is 43.2 Å². The third kappa shape index (κ3) is 4.85. The zero-order chi connectivity index (χ0) is 21.8. The van der Waals surface area contributed by atoms with E-state index in [1.54, 1.807) is 6.07 Å². The van der Waals surface area contributed by atoms with Crippen LogP contribution in [-0.2, 0) is 9.59 Å². The number of hydrogen-bond donors (Lipinski definition) is 0. The molecule has 1 aliphatic heterocycles. The molecule has 6 nitrogen and oxygen atoms in total. The number of carbonyl (C=O) groups is 2. The first kappa shape index (κ1) is 21.6. The Morgan fingerprint density at radius 3 is 2.55 bits per heavy atom. The number of likely N-dealkylation sites (tertiary alicyclic amines) is 1. The van der Waals surface area contributed by atoms with Crippen LogP contribution in [0.15, 0.2) is 36.4 Å². The lowest BCUT2D eigenvalue weighted by molar-refractivity contribution is -0.136. The van der Waals surface area contributed by atoms with E-state index in [0.717, 1.165) is 43.1 Å². The predicted molar refractivity (Wildman–Crippen MR) is 120 cm³/mol. The zero-order valence-electron chi connectivity index (χ0n) is 18.5. The molecule has 2 atom stereocenters. The van der Waals surface area contributed by atoms with E-state index in [-0.39, 0.29) is 18.6 Å². The zero-order valence-corrected chi connectivity index (χ0v) is 18.5. The summed E-state index contributed by atoms with van der Waals surface area (Å²) >= 11 is 0. The van der Waals surface area contributed by atoms with Crippen molar-refractivity contribution in [2.45, 2.75) is 57.5 Å². The van der Waals surface area contributed by atoms with Gasteiger partial charge in [-0.25, -0.2) is 0 Å². The number of carbonyl (C=O) groups excluding carboxylic acids is 2. The molecule has 2 aromatic rings. The summed E-state index contributed by atoms with van der Waals surface area (Å²) in [6.45, 7) is 3.56. The lowest BCUT2D eigenvalue weighted by Crippen LogP contribution is -2.54. The summed E-state index contributed by atoms with van der Waals surface area (Å²) in [6, 6.07) is 12.0. The van der Waals surface area contributed by atoms with Crippen LogP contribution in [0.3, 0.4) is 0 Å². The Morgan fingerprint density at radius 1 is 1.03 bits per heavy atom. The molecule has 0 unspecified atom stereocenters. The van der Waals surface area contributed by atoms with Crippen molar-refractivity contribution in [3.05, 3.63) is 36.4 Å². The fourth-order valence-electron chi connectivity index (χ4n) is 5.07. The first-order valence-electron chi connectivity index (χ1n) is 11.4. The number of esters is 1. The van der Waals surface area contributed by atoms with Gasteiger partial charge in [0, 0.05) is 31.4 Å². The van der Waals surface area contributed by atoms with Crippen LogP contribution < -0.4 is 9.47 Å². The molecule has 0 aromatic heterocycles. The summed E-state index contributed by atoms with van der Waals surface area (Å²) in [5, 5.41) is 1.79. The average Bonchev–Trinajstić information content (AvgIpc) is 3.32. The van der Waals surface area contributed by atoms with Gasteiger partial charge in [-0.2, -0.15) is 0 Å². The Hall–Kier alpha value is -2.60. The lowest BCUT2D eigenvalue weighted by atomic mass is 9.88. The monoisotopic (exact) mass is 424 g/mol. The average molecular weight is 425 g/mol. The van der Waals surface area contributed by atoms with Gasteiger partial charge in [0.25, 0.3) is 5.91 Å². The Morgan fingerprint density at radius 2 is 1.77 bits per heavy atom. The lowest BCUT2D eigenvalue weighted by Gasteiger charge is -2.42. The number of likely N-dealkylation sites (N-methyl/N-ethyl adjacent to an activating group) is 1. The van der Waals surface area contributed by atoms with Gasteiger partial charge >= 0.3 is 5.97 Å². The summed E-state index contributed by atoms with van der Waals surface area (Å²) < 4.78 is 11.4. The van der Waals surface area contributed by atoms with Crippen LogP contribution in [-0.4, -0.2) is 60.5 Å². The smallest absolute Gasteiger partial charge is 0.308 e. The minimum atomic E-state index is -0.417. The van der Waals surface area contributed by atoms with E-state index in [2.05, 4.69) is 4.90 Å². The largest absolute Gasteiger partial charge is 0.479 e. The Kier molecular flexibility index (Phi) is 6.76. The van der Waals surface area contributed by atoms with E-state index in [1.165, 1.54) is 26.2 Å². The first-order valence-corrected chi connectivity index (χ1v) is 11.4. The van der Waals surface area contributed by atoms with E-state index >= 15 is 0 Å². The summed E-state index contributed by atoms with van der Waals surface area (Å²) in [7, 11) is 1.90. The Labute approximate surface area is 184 Å². The molecule has 1 aliphatic carbocycles. The Bertz CT molecular complexity index is 938. The normalized spacial score (nSPS) is 21.7. The molecule has 166 valence electrons. The minimum absolute atomic E-state index is 0.0437. The number of amides is 1. The minimum Gasteiger partial charge on any atom is -0.479 e. The van der Waals surface area contributed by atoms with Crippen molar-refractivity contribution >= 4 is 22.6 Å². The fourth-order valence-corrected chi connectivity index (χ4v) is 5.07. The molecular weight excluding hydrogens is 392 g/mol. The van der Waals surface area contributed by atoms with Gasteiger partial charge in [0.05, 0.1) is 0 Å². The molecule has 2 aliphatic rings. The second-order valence-corrected chi connectivity index (χ2v) is 8.66. The van der Waals surface area contributed by atoms with Gasteiger partial charge in [-0.15, -0.1) is 0 Å². The Balaban J connectivity index is 1.50. The van der Waals surface area contributed by atoms with Gasteiger partial charge in [-0.3, -0.25) is 14.5 Å².